The van der Waals surface area contributed by atoms with Gasteiger partial charge in [-0.15, -0.1) is 0 Å². The summed E-state index contributed by atoms with van der Waals surface area (Å²) in [5, 5.41) is 19.5. The van der Waals surface area contributed by atoms with Crippen molar-refractivity contribution in [3.63, 3.8) is 0 Å². The van der Waals surface area contributed by atoms with E-state index in [2.05, 4.69) is 10.3 Å². The van der Waals surface area contributed by atoms with E-state index >= 15 is 0 Å². The first-order valence-corrected chi connectivity index (χ1v) is 6.14. The van der Waals surface area contributed by atoms with Gasteiger partial charge in [0, 0.05) is 6.42 Å². The highest BCUT2D eigenvalue weighted by molar-refractivity contribution is 6.34. The largest absolute Gasteiger partial charge is 0.481 e. The van der Waals surface area contributed by atoms with E-state index in [-0.39, 0.29) is 28.7 Å². The number of carboxylic acid groups (broad SMARTS) is 2. The fraction of sp³-hybridized carbons (Fsp3) is 0.273. The zero-order chi connectivity index (χ0) is 15.3. The number of nitrogens with one attached hydrogen (secondary N) is 1. The second kappa shape index (κ2) is 7.06. The van der Waals surface area contributed by atoms with Crippen molar-refractivity contribution in [3.05, 3.63) is 28.0 Å². The third kappa shape index (κ3) is 4.67. The minimum atomic E-state index is -1.34. The number of rotatable bonds is 6. The molecule has 7 nitrogen and oxygen atoms in total. The Hall–Kier alpha value is -1.86. The number of hydrogen-bond donors (Lipinski definition) is 3. The lowest BCUT2D eigenvalue weighted by molar-refractivity contribution is -0.140. The Morgan fingerprint density at radius 2 is 1.90 bits per heavy atom. The predicted molar refractivity (Wildman–Crippen MR) is 70.0 cm³/mol. The number of hydrogen-bond acceptors (Lipinski definition) is 4. The van der Waals surface area contributed by atoms with Crippen molar-refractivity contribution in [2.75, 3.05) is 0 Å². The van der Waals surface area contributed by atoms with E-state index in [9.17, 15) is 14.4 Å². The van der Waals surface area contributed by atoms with Crippen molar-refractivity contribution >= 4 is 41.0 Å². The second-order valence-electron chi connectivity index (χ2n) is 3.77. The van der Waals surface area contributed by atoms with Gasteiger partial charge in [0.05, 0.1) is 5.56 Å². The number of nitrogens with zero attached hydrogens (tertiary/aromatic N) is 1. The molecule has 1 atom stereocenters. The smallest absolute Gasteiger partial charge is 0.326 e. The molecule has 9 heteroatoms. The molecular weight excluding hydrogens is 311 g/mol. The summed E-state index contributed by atoms with van der Waals surface area (Å²) in [5.41, 5.74) is -0.0439. The van der Waals surface area contributed by atoms with Crippen LogP contribution in [0.2, 0.25) is 10.3 Å². The lowest BCUT2D eigenvalue weighted by Crippen LogP contribution is -2.41. The Morgan fingerprint density at radius 1 is 1.25 bits per heavy atom. The summed E-state index contributed by atoms with van der Waals surface area (Å²) in [4.78, 5) is 36.9. The molecule has 0 saturated carbocycles. The number of carbonyl (C=O) groups is 3. The molecule has 20 heavy (non-hydrogen) atoms. The molecule has 0 aliphatic heterocycles. The van der Waals surface area contributed by atoms with Crippen molar-refractivity contribution in [2.45, 2.75) is 18.9 Å². The minimum Gasteiger partial charge on any atom is -0.481 e. The first-order valence-electron chi connectivity index (χ1n) is 5.38. The Morgan fingerprint density at radius 3 is 2.40 bits per heavy atom. The van der Waals surface area contributed by atoms with Gasteiger partial charge in [-0.2, -0.15) is 0 Å². The Labute approximate surface area is 123 Å². The van der Waals surface area contributed by atoms with Gasteiger partial charge in [-0.05, 0) is 18.6 Å². The Bertz CT molecular complexity index is 550. The van der Waals surface area contributed by atoms with Gasteiger partial charge >= 0.3 is 11.9 Å². The van der Waals surface area contributed by atoms with Gasteiger partial charge < -0.3 is 15.5 Å². The monoisotopic (exact) mass is 320 g/mol. The van der Waals surface area contributed by atoms with E-state index in [1.807, 2.05) is 0 Å². The maximum absolute atomic E-state index is 11.8. The van der Waals surface area contributed by atoms with Crippen LogP contribution in [0.15, 0.2) is 12.1 Å². The van der Waals surface area contributed by atoms with Crippen LogP contribution in [0.4, 0.5) is 0 Å². The van der Waals surface area contributed by atoms with Gasteiger partial charge in [0.1, 0.15) is 16.3 Å². The maximum Gasteiger partial charge on any atom is 0.326 e. The van der Waals surface area contributed by atoms with Gasteiger partial charge in [0.2, 0.25) is 0 Å². The van der Waals surface area contributed by atoms with E-state index in [0.29, 0.717) is 0 Å². The van der Waals surface area contributed by atoms with Crippen molar-refractivity contribution in [1.29, 1.82) is 0 Å². The van der Waals surface area contributed by atoms with Gasteiger partial charge in [0.25, 0.3) is 5.91 Å². The molecule has 1 aromatic rings. The van der Waals surface area contributed by atoms with Crippen LogP contribution in [0.5, 0.6) is 0 Å². The lowest BCUT2D eigenvalue weighted by atomic mass is 10.1. The number of amides is 1. The van der Waals surface area contributed by atoms with Crippen LogP contribution in [0.3, 0.4) is 0 Å². The van der Waals surface area contributed by atoms with Crippen LogP contribution in [0.1, 0.15) is 23.2 Å². The third-order valence-electron chi connectivity index (χ3n) is 2.31. The summed E-state index contributed by atoms with van der Waals surface area (Å²) >= 11 is 11.3. The molecule has 0 bridgehead atoms. The van der Waals surface area contributed by atoms with Crippen molar-refractivity contribution < 1.29 is 24.6 Å². The average molecular weight is 321 g/mol. The number of aromatic nitrogens is 1. The highest BCUT2D eigenvalue weighted by atomic mass is 35.5. The summed E-state index contributed by atoms with van der Waals surface area (Å²) in [6, 6.07) is 1.30. The first kappa shape index (κ1) is 16.2. The molecular formula is C11H10Cl2N2O5. The van der Waals surface area contributed by atoms with Crippen LogP contribution in [0.25, 0.3) is 0 Å². The normalized spacial score (nSPS) is 11.7. The van der Waals surface area contributed by atoms with Crippen molar-refractivity contribution in [1.82, 2.24) is 10.3 Å². The Balaban J connectivity index is 2.80. The molecule has 1 aromatic heterocycles. The average Bonchev–Trinajstić information content (AvgIpc) is 2.33. The molecule has 0 fully saturated rings. The molecule has 1 rings (SSSR count). The topological polar surface area (TPSA) is 117 Å². The quantitative estimate of drug-likeness (QED) is 0.683. The summed E-state index contributed by atoms with van der Waals surface area (Å²) in [5.74, 6) is -3.26. The summed E-state index contributed by atoms with van der Waals surface area (Å²) in [7, 11) is 0. The number of carbonyl (C=O) groups excluding carboxylic acids is 1. The lowest BCUT2D eigenvalue weighted by Gasteiger charge is -2.13. The molecule has 0 aliphatic rings. The predicted octanol–water partition coefficient (Wildman–Crippen LogP) is 1.44. The zero-order valence-corrected chi connectivity index (χ0v) is 11.5. The number of aliphatic carboxylic acids is 2. The van der Waals surface area contributed by atoms with E-state index < -0.39 is 23.9 Å². The number of carboxylic acids is 2. The van der Waals surface area contributed by atoms with Crippen LogP contribution in [0, 0.1) is 0 Å². The zero-order valence-electron chi connectivity index (χ0n) is 9.97. The molecule has 1 heterocycles. The first-order chi connectivity index (χ1) is 9.31. The fourth-order valence-electron chi connectivity index (χ4n) is 1.34. The van der Waals surface area contributed by atoms with Crippen molar-refractivity contribution in [2.24, 2.45) is 0 Å². The SMILES string of the molecule is O=C(O)CC[C@H](NC(=O)c1ccc(Cl)nc1Cl)C(=O)O. The molecule has 0 unspecified atom stereocenters. The van der Waals surface area contributed by atoms with Crippen LogP contribution < -0.4 is 5.32 Å². The molecule has 1 amide bonds. The molecule has 0 aliphatic carbocycles. The van der Waals surface area contributed by atoms with E-state index in [1.54, 1.807) is 0 Å². The van der Waals surface area contributed by atoms with E-state index in [4.69, 9.17) is 33.4 Å². The van der Waals surface area contributed by atoms with Gasteiger partial charge in [0.15, 0.2) is 0 Å². The van der Waals surface area contributed by atoms with Crippen LogP contribution >= 0.6 is 23.2 Å². The minimum absolute atomic E-state index is 0.0439. The van der Waals surface area contributed by atoms with E-state index in [1.165, 1.54) is 12.1 Å². The molecule has 0 radical (unpaired) electrons. The second-order valence-corrected chi connectivity index (χ2v) is 4.51. The van der Waals surface area contributed by atoms with E-state index in [0.717, 1.165) is 0 Å². The maximum atomic E-state index is 11.8. The van der Waals surface area contributed by atoms with Gasteiger partial charge in [-0.1, -0.05) is 23.2 Å². The standard InChI is InChI=1S/C11H10Cl2N2O5/c12-7-3-1-5(9(13)15-7)10(18)14-6(11(19)20)2-4-8(16)17/h1,3,6H,2,4H2,(H,14,18)(H,16,17)(H,19,20)/t6-/m0/s1. The molecule has 0 spiro atoms. The number of pyridine rings is 1. The molecule has 3 N–H and O–H groups in total. The van der Waals surface area contributed by atoms with Crippen LogP contribution in [-0.4, -0.2) is 39.1 Å². The summed E-state index contributed by atoms with van der Waals surface area (Å²) in [6.07, 6.45) is -0.626. The van der Waals surface area contributed by atoms with Crippen molar-refractivity contribution in [3.8, 4) is 0 Å². The fourth-order valence-corrected chi connectivity index (χ4v) is 1.77. The van der Waals surface area contributed by atoms with Crippen LogP contribution in [-0.2, 0) is 9.59 Å². The molecule has 0 saturated heterocycles. The van der Waals surface area contributed by atoms with Gasteiger partial charge in [-0.3, -0.25) is 9.59 Å². The number of halogens is 2. The Kier molecular flexibility index (Phi) is 5.72. The third-order valence-corrected chi connectivity index (χ3v) is 2.81. The summed E-state index contributed by atoms with van der Waals surface area (Å²) in [6.45, 7) is 0. The van der Waals surface area contributed by atoms with Gasteiger partial charge in [-0.25, -0.2) is 9.78 Å². The highest BCUT2D eigenvalue weighted by Gasteiger charge is 2.23. The highest BCUT2D eigenvalue weighted by Crippen LogP contribution is 2.16. The summed E-state index contributed by atoms with van der Waals surface area (Å²) < 4.78 is 0. The molecule has 0 aromatic carbocycles. The molecule has 108 valence electrons.